The van der Waals surface area contributed by atoms with Crippen molar-refractivity contribution >= 4 is 27.7 Å². The molecule has 0 aliphatic carbocycles. The van der Waals surface area contributed by atoms with Crippen LogP contribution in [0.5, 0.6) is 0 Å². The predicted molar refractivity (Wildman–Crippen MR) is 69.0 cm³/mol. The number of sulfonamides is 1. The molecule has 1 aliphatic rings. The Hall–Kier alpha value is -0.530. The molecule has 1 saturated heterocycles. The first-order valence-corrected chi connectivity index (χ1v) is 7.59. The molecule has 6 nitrogen and oxygen atoms in total. The summed E-state index contributed by atoms with van der Waals surface area (Å²) < 4.78 is 28.6. The zero-order valence-electron chi connectivity index (χ0n) is 10.9. The zero-order valence-corrected chi connectivity index (χ0v) is 12.5. The largest absolute Gasteiger partial charge is 0.444 e. The van der Waals surface area contributed by atoms with Crippen LogP contribution in [0.4, 0.5) is 4.79 Å². The van der Waals surface area contributed by atoms with Gasteiger partial charge in [-0.2, -0.15) is 4.31 Å². The summed E-state index contributed by atoms with van der Waals surface area (Å²) in [5.41, 5.74) is -0.565. The number of carbonyl (C=O) groups is 1. The van der Waals surface area contributed by atoms with Gasteiger partial charge in [-0.15, -0.1) is 11.6 Å². The third-order valence-corrected chi connectivity index (χ3v) is 4.85. The number of hydrogen-bond donors (Lipinski definition) is 1. The molecule has 1 fully saturated rings. The summed E-state index contributed by atoms with van der Waals surface area (Å²) in [5, 5.41) is 2.60. The van der Waals surface area contributed by atoms with Gasteiger partial charge in [0.05, 0.1) is 6.04 Å². The van der Waals surface area contributed by atoms with Crippen molar-refractivity contribution in [2.24, 2.45) is 0 Å². The fourth-order valence-electron chi connectivity index (χ4n) is 1.42. The Morgan fingerprint density at radius 2 is 1.94 bits per heavy atom. The van der Waals surface area contributed by atoms with E-state index in [-0.39, 0.29) is 19.1 Å². The van der Waals surface area contributed by atoms with Gasteiger partial charge in [-0.1, -0.05) is 0 Å². The Morgan fingerprint density at radius 3 is 2.33 bits per heavy atom. The number of carbonyl (C=O) groups excluding carboxylic acids is 1. The lowest BCUT2D eigenvalue weighted by Crippen LogP contribution is -2.62. The fourth-order valence-corrected chi connectivity index (χ4v) is 2.94. The van der Waals surface area contributed by atoms with Crippen molar-refractivity contribution in [3.8, 4) is 0 Å². The SMILES string of the molecule is CC(Cl)S(=O)(=O)N1CC(NC(=O)OC(C)(C)C)C1. The van der Waals surface area contributed by atoms with E-state index in [1.807, 2.05) is 0 Å². The first kappa shape index (κ1) is 15.5. The minimum atomic E-state index is -3.44. The average Bonchev–Trinajstić information content (AvgIpc) is 2.06. The molecule has 0 spiro atoms. The standard InChI is InChI=1S/C10H19ClN2O4S/c1-7(11)18(15,16)13-5-8(6-13)12-9(14)17-10(2,3)4/h7-8H,5-6H2,1-4H3,(H,12,14). The molecule has 1 amide bonds. The van der Waals surface area contributed by atoms with Crippen LogP contribution in [0.3, 0.4) is 0 Å². The number of amides is 1. The van der Waals surface area contributed by atoms with Gasteiger partial charge in [-0.3, -0.25) is 0 Å². The first-order valence-electron chi connectivity index (χ1n) is 5.65. The summed E-state index contributed by atoms with van der Waals surface area (Å²) >= 11 is 5.58. The molecule has 1 unspecified atom stereocenters. The predicted octanol–water partition coefficient (Wildman–Crippen LogP) is 1.11. The van der Waals surface area contributed by atoms with Gasteiger partial charge in [0.15, 0.2) is 0 Å². The van der Waals surface area contributed by atoms with E-state index in [0.717, 1.165) is 0 Å². The Kier molecular flexibility index (Phi) is 4.51. The number of halogens is 1. The Balaban J connectivity index is 2.38. The van der Waals surface area contributed by atoms with Crippen LogP contribution in [0.1, 0.15) is 27.7 Å². The summed E-state index contributed by atoms with van der Waals surface area (Å²) in [6, 6.07) is -0.218. The van der Waals surface area contributed by atoms with Gasteiger partial charge in [0.25, 0.3) is 0 Å². The van der Waals surface area contributed by atoms with Crippen LogP contribution in [0, 0.1) is 0 Å². The quantitative estimate of drug-likeness (QED) is 0.792. The van der Waals surface area contributed by atoms with Crippen LogP contribution in [-0.4, -0.2) is 48.3 Å². The Labute approximate surface area is 113 Å². The maximum absolute atomic E-state index is 11.6. The second kappa shape index (κ2) is 5.22. The lowest BCUT2D eigenvalue weighted by atomic mass is 10.2. The van der Waals surface area contributed by atoms with E-state index in [1.54, 1.807) is 20.8 Å². The maximum atomic E-state index is 11.6. The molecule has 1 aliphatic heterocycles. The van der Waals surface area contributed by atoms with E-state index in [4.69, 9.17) is 16.3 Å². The molecule has 1 rings (SSSR count). The van der Waals surface area contributed by atoms with Crippen LogP contribution in [0.2, 0.25) is 0 Å². The van der Waals surface area contributed by atoms with Crippen molar-refractivity contribution in [2.45, 2.75) is 44.0 Å². The summed E-state index contributed by atoms with van der Waals surface area (Å²) in [6.07, 6.45) is -0.538. The molecule has 0 aromatic heterocycles. The third kappa shape index (κ3) is 4.00. The molecule has 1 N–H and O–H groups in total. The number of nitrogens with one attached hydrogen (secondary N) is 1. The van der Waals surface area contributed by atoms with Crippen molar-refractivity contribution < 1.29 is 17.9 Å². The van der Waals surface area contributed by atoms with Crippen molar-refractivity contribution in [2.75, 3.05) is 13.1 Å². The Morgan fingerprint density at radius 1 is 1.44 bits per heavy atom. The van der Waals surface area contributed by atoms with Gasteiger partial charge >= 0.3 is 6.09 Å². The highest BCUT2D eigenvalue weighted by Crippen LogP contribution is 2.19. The van der Waals surface area contributed by atoms with Crippen molar-refractivity contribution in [3.63, 3.8) is 0 Å². The monoisotopic (exact) mass is 298 g/mol. The highest BCUT2D eigenvalue weighted by molar-refractivity contribution is 7.91. The normalized spacial score (nSPS) is 20.1. The van der Waals surface area contributed by atoms with Crippen LogP contribution in [-0.2, 0) is 14.8 Å². The number of ether oxygens (including phenoxy) is 1. The first-order chi connectivity index (χ1) is 8.02. The van der Waals surface area contributed by atoms with Gasteiger partial charge in [-0.25, -0.2) is 13.2 Å². The van der Waals surface area contributed by atoms with E-state index in [9.17, 15) is 13.2 Å². The molecule has 18 heavy (non-hydrogen) atoms. The van der Waals surface area contributed by atoms with E-state index in [1.165, 1.54) is 11.2 Å². The van der Waals surface area contributed by atoms with E-state index < -0.39 is 26.4 Å². The molecule has 0 saturated carbocycles. The van der Waals surface area contributed by atoms with Crippen molar-refractivity contribution in [3.05, 3.63) is 0 Å². The van der Waals surface area contributed by atoms with E-state index in [2.05, 4.69) is 5.32 Å². The third-order valence-electron chi connectivity index (χ3n) is 2.34. The number of rotatable bonds is 3. The highest BCUT2D eigenvalue weighted by Gasteiger charge is 2.39. The summed E-state index contributed by atoms with van der Waals surface area (Å²) in [5.74, 6) is 0. The van der Waals surface area contributed by atoms with E-state index in [0.29, 0.717) is 0 Å². The van der Waals surface area contributed by atoms with E-state index >= 15 is 0 Å². The maximum Gasteiger partial charge on any atom is 0.407 e. The second-order valence-electron chi connectivity index (χ2n) is 5.25. The molecule has 8 heteroatoms. The van der Waals surface area contributed by atoms with Crippen molar-refractivity contribution in [1.29, 1.82) is 0 Å². The average molecular weight is 299 g/mol. The number of hydrogen-bond acceptors (Lipinski definition) is 4. The molecule has 1 heterocycles. The lowest BCUT2D eigenvalue weighted by Gasteiger charge is -2.39. The number of alkyl carbamates (subject to hydrolysis) is 1. The molecule has 0 bridgehead atoms. The highest BCUT2D eigenvalue weighted by atomic mass is 35.5. The van der Waals surface area contributed by atoms with Gasteiger partial charge in [-0.05, 0) is 27.7 Å². The van der Waals surface area contributed by atoms with Gasteiger partial charge in [0.2, 0.25) is 10.0 Å². The molecular weight excluding hydrogens is 280 g/mol. The molecular formula is C10H19ClN2O4S. The molecule has 0 aromatic carbocycles. The summed E-state index contributed by atoms with van der Waals surface area (Å²) in [4.78, 5) is 11.4. The summed E-state index contributed by atoms with van der Waals surface area (Å²) in [6.45, 7) is 7.17. The molecule has 1 atom stereocenters. The fraction of sp³-hybridized carbons (Fsp3) is 0.900. The zero-order chi connectivity index (χ0) is 14.1. The number of alkyl halides is 1. The molecule has 0 aromatic rings. The van der Waals surface area contributed by atoms with Gasteiger partial charge in [0, 0.05) is 13.1 Å². The minimum Gasteiger partial charge on any atom is -0.444 e. The number of nitrogens with zero attached hydrogens (tertiary/aromatic N) is 1. The smallest absolute Gasteiger partial charge is 0.407 e. The second-order valence-corrected chi connectivity index (χ2v) is 8.41. The van der Waals surface area contributed by atoms with Crippen LogP contribution in [0.15, 0.2) is 0 Å². The van der Waals surface area contributed by atoms with Crippen LogP contribution >= 0.6 is 11.6 Å². The molecule has 106 valence electrons. The lowest BCUT2D eigenvalue weighted by molar-refractivity contribution is 0.0459. The minimum absolute atomic E-state index is 0.218. The van der Waals surface area contributed by atoms with Crippen molar-refractivity contribution in [1.82, 2.24) is 9.62 Å². The summed E-state index contributed by atoms with van der Waals surface area (Å²) in [7, 11) is -3.44. The van der Waals surface area contributed by atoms with Crippen LogP contribution in [0.25, 0.3) is 0 Å². The van der Waals surface area contributed by atoms with Gasteiger partial charge < -0.3 is 10.1 Å². The Bertz CT molecular complexity index is 410. The van der Waals surface area contributed by atoms with Crippen LogP contribution < -0.4 is 5.32 Å². The molecule has 0 radical (unpaired) electrons. The van der Waals surface area contributed by atoms with Gasteiger partial charge in [0.1, 0.15) is 10.3 Å². The topological polar surface area (TPSA) is 75.7 Å².